The van der Waals surface area contributed by atoms with Crippen LogP contribution in [0.1, 0.15) is 29.2 Å². The van der Waals surface area contributed by atoms with Crippen LogP contribution >= 0.6 is 27.3 Å². The third kappa shape index (κ3) is 3.31. The number of thiazole rings is 1. The van der Waals surface area contributed by atoms with E-state index in [1.165, 1.54) is 0 Å². The lowest BCUT2D eigenvalue weighted by Gasteiger charge is -2.13. The molecule has 0 unspecified atom stereocenters. The molecule has 3 nitrogen and oxygen atoms in total. The predicted molar refractivity (Wildman–Crippen MR) is 77.9 cm³/mol. The second-order valence-electron chi connectivity index (χ2n) is 4.14. The van der Waals surface area contributed by atoms with Crippen LogP contribution in [-0.4, -0.2) is 4.98 Å². The van der Waals surface area contributed by atoms with Gasteiger partial charge in [-0.3, -0.25) is 0 Å². The van der Waals surface area contributed by atoms with E-state index in [4.69, 9.17) is 10.5 Å². The number of aryl methyl sites for hydroxylation is 1. The largest absolute Gasteiger partial charge is 0.486 e. The Balaban J connectivity index is 2.13. The van der Waals surface area contributed by atoms with Gasteiger partial charge in [-0.15, -0.1) is 11.3 Å². The molecule has 1 aromatic heterocycles. The Hall–Kier alpha value is -0.910. The Bertz CT molecular complexity index is 540. The molecule has 18 heavy (non-hydrogen) atoms. The minimum atomic E-state index is -0.0597. The first kappa shape index (κ1) is 13.5. The first-order chi connectivity index (χ1) is 8.56. The fraction of sp³-hybridized carbons (Fsp3) is 0.308. The Morgan fingerprint density at radius 3 is 2.89 bits per heavy atom. The van der Waals surface area contributed by atoms with E-state index in [1.807, 2.05) is 37.4 Å². The predicted octanol–water partition coefficient (Wildman–Crippen LogP) is 3.81. The minimum Gasteiger partial charge on any atom is -0.486 e. The van der Waals surface area contributed by atoms with Gasteiger partial charge in [0.1, 0.15) is 17.4 Å². The maximum atomic E-state index is 5.94. The summed E-state index contributed by atoms with van der Waals surface area (Å²) < 4.78 is 6.81. The lowest BCUT2D eigenvalue weighted by molar-refractivity contribution is 0.300. The van der Waals surface area contributed by atoms with Gasteiger partial charge in [-0.1, -0.05) is 15.9 Å². The molecule has 0 saturated heterocycles. The number of hydrogen-bond acceptors (Lipinski definition) is 4. The van der Waals surface area contributed by atoms with Gasteiger partial charge in [0.05, 0.1) is 0 Å². The standard InChI is InChI=1S/C13H15BrN2OS/c1-8-7-18-13(16-8)6-17-12-4-3-10(14)5-11(12)9(2)15/h3-5,7,9H,6,15H2,1-2H3/t9-/m1/s1. The normalized spacial score (nSPS) is 12.4. The number of benzene rings is 1. The van der Waals surface area contributed by atoms with Crippen molar-refractivity contribution in [1.29, 1.82) is 0 Å². The molecule has 5 heteroatoms. The first-order valence-electron chi connectivity index (χ1n) is 5.65. The van der Waals surface area contributed by atoms with Crippen molar-refractivity contribution in [3.63, 3.8) is 0 Å². The van der Waals surface area contributed by atoms with Gasteiger partial charge in [-0.05, 0) is 32.0 Å². The number of aromatic nitrogens is 1. The molecule has 0 bridgehead atoms. The average molecular weight is 327 g/mol. The van der Waals surface area contributed by atoms with Crippen LogP contribution in [-0.2, 0) is 6.61 Å². The second-order valence-corrected chi connectivity index (χ2v) is 6.00. The number of ether oxygens (including phenoxy) is 1. The van der Waals surface area contributed by atoms with Crippen molar-refractivity contribution in [3.05, 3.63) is 44.3 Å². The third-order valence-electron chi connectivity index (χ3n) is 2.48. The lowest BCUT2D eigenvalue weighted by atomic mass is 10.1. The monoisotopic (exact) mass is 326 g/mol. The molecule has 0 aliphatic heterocycles. The highest BCUT2D eigenvalue weighted by Gasteiger charge is 2.09. The molecule has 1 atom stereocenters. The molecule has 0 amide bonds. The molecule has 1 aromatic carbocycles. The van der Waals surface area contributed by atoms with Crippen molar-refractivity contribution in [2.45, 2.75) is 26.5 Å². The lowest BCUT2D eigenvalue weighted by Crippen LogP contribution is -2.08. The topological polar surface area (TPSA) is 48.1 Å². The Kier molecular flexibility index (Phi) is 4.37. The summed E-state index contributed by atoms with van der Waals surface area (Å²) in [4.78, 5) is 4.37. The number of nitrogens with zero attached hydrogens (tertiary/aromatic N) is 1. The maximum absolute atomic E-state index is 5.94. The van der Waals surface area contributed by atoms with E-state index in [9.17, 15) is 0 Å². The number of rotatable bonds is 4. The molecule has 0 fully saturated rings. The summed E-state index contributed by atoms with van der Waals surface area (Å²) in [5, 5.41) is 3.00. The van der Waals surface area contributed by atoms with Crippen molar-refractivity contribution in [1.82, 2.24) is 4.98 Å². The molecular formula is C13H15BrN2OS. The third-order valence-corrected chi connectivity index (χ3v) is 3.91. The van der Waals surface area contributed by atoms with Crippen molar-refractivity contribution < 1.29 is 4.74 Å². The van der Waals surface area contributed by atoms with E-state index >= 15 is 0 Å². The molecule has 2 aromatic rings. The second kappa shape index (κ2) is 5.82. The van der Waals surface area contributed by atoms with Crippen molar-refractivity contribution in [2.75, 3.05) is 0 Å². The zero-order chi connectivity index (χ0) is 13.1. The van der Waals surface area contributed by atoms with Gasteiger partial charge in [0.25, 0.3) is 0 Å². The van der Waals surface area contributed by atoms with Crippen LogP contribution in [0.25, 0.3) is 0 Å². The fourth-order valence-corrected chi connectivity index (χ4v) is 2.68. The van der Waals surface area contributed by atoms with Crippen LogP contribution < -0.4 is 10.5 Å². The molecule has 0 aliphatic carbocycles. The van der Waals surface area contributed by atoms with E-state index in [0.29, 0.717) is 6.61 Å². The first-order valence-corrected chi connectivity index (χ1v) is 7.32. The van der Waals surface area contributed by atoms with Crippen LogP contribution in [0.3, 0.4) is 0 Å². The fourth-order valence-electron chi connectivity index (χ4n) is 1.62. The molecule has 96 valence electrons. The van der Waals surface area contributed by atoms with E-state index in [1.54, 1.807) is 11.3 Å². The summed E-state index contributed by atoms with van der Waals surface area (Å²) in [7, 11) is 0. The van der Waals surface area contributed by atoms with Crippen LogP contribution in [0.5, 0.6) is 5.75 Å². The van der Waals surface area contributed by atoms with Crippen LogP contribution in [0.15, 0.2) is 28.1 Å². The number of hydrogen-bond donors (Lipinski definition) is 1. The van der Waals surface area contributed by atoms with Crippen molar-refractivity contribution in [3.8, 4) is 5.75 Å². The van der Waals surface area contributed by atoms with Gasteiger partial charge < -0.3 is 10.5 Å². The summed E-state index contributed by atoms with van der Waals surface area (Å²) in [6.07, 6.45) is 0. The Labute approximate surface area is 119 Å². The van der Waals surface area contributed by atoms with Gasteiger partial charge >= 0.3 is 0 Å². The van der Waals surface area contributed by atoms with Gasteiger partial charge in [0.15, 0.2) is 0 Å². The SMILES string of the molecule is Cc1csc(COc2ccc(Br)cc2[C@@H](C)N)n1. The zero-order valence-corrected chi connectivity index (χ0v) is 12.7. The Morgan fingerprint density at radius 1 is 1.50 bits per heavy atom. The maximum Gasteiger partial charge on any atom is 0.140 e. The molecule has 0 spiro atoms. The average Bonchev–Trinajstić information content (AvgIpc) is 2.73. The molecule has 1 heterocycles. The highest BCUT2D eigenvalue weighted by atomic mass is 79.9. The van der Waals surface area contributed by atoms with Gasteiger partial charge in [0, 0.05) is 27.2 Å². The molecular weight excluding hydrogens is 312 g/mol. The minimum absolute atomic E-state index is 0.0597. The smallest absolute Gasteiger partial charge is 0.140 e. The van der Waals surface area contributed by atoms with Crippen molar-refractivity contribution >= 4 is 27.3 Å². The molecule has 2 rings (SSSR count). The molecule has 0 aliphatic rings. The van der Waals surface area contributed by atoms with E-state index in [2.05, 4.69) is 20.9 Å². The summed E-state index contributed by atoms with van der Waals surface area (Å²) in [6.45, 7) is 4.41. The van der Waals surface area contributed by atoms with Crippen molar-refractivity contribution in [2.24, 2.45) is 5.73 Å². The Morgan fingerprint density at radius 2 is 2.28 bits per heavy atom. The van der Waals surface area contributed by atoms with E-state index in [0.717, 1.165) is 26.5 Å². The highest BCUT2D eigenvalue weighted by molar-refractivity contribution is 9.10. The van der Waals surface area contributed by atoms with Crippen LogP contribution in [0.2, 0.25) is 0 Å². The van der Waals surface area contributed by atoms with E-state index < -0.39 is 0 Å². The van der Waals surface area contributed by atoms with Gasteiger partial charge in [-0.2, -0.15) is 0 Å². The summed E-state index contributed by atoms with van der Waals surface area (Å²) in [5.41, 5.74) is 7.97. The molecule has 0 saturated carbocycles. The van der Waals surface area contributed by atoms with Crippen LogP contribution in [0, 0.1) is 6.92 Å². The summed E-state index contributed by atoms with van der Waals surface area (Å²) >= 11 is 5.05. The number of halogens is 1. The quantitative estimate of drug-likeness (QED) is 0.929. The number of nitrogens with two attached hydrogens (primary N) is 1. The van der Waals surface area contributed by atoms with E-state index in [-0.39, 0.29) is 6.04 Å². The highest BCUT2D eigenvalue weighted by Crippen LogP contribution is 2.28. The summed E-state index contributed by atoms with van der Waals surface area (Å²) in [5.74, 6) is 0.820. The van der Waals surface area contributed by atoms with Crippen LogP contribution in [0.4, 0.5) is 0 Å². The summed E-state index contributed by atoms with van der Waals surface area (Å²) in [6, 6.07) is 5.82. The molecule has 0 radical (unpaired) electrons. The zero-order valence-electron chi connectivity index (χ0n) is 10.3. The molecule has 2 N–H and O–H groups in total. The van der Waals surface area contributed by atoms with Gasteiger partial charge in [-0.25, -0.2) is 4.98 Å². The van der Waals surface area contributed by atoms with Gasteiger partial charge in [0.2, 0.25) is 0 Å².